The molecule has 0 atom stereocenters. The first-order valence-corrected chi connectivity index (χ1v) is 19.7. The Labute approximate surface area is 324 Å². The number of carboxylic acids is 2. The van der Waals surface area contributed by atoms with Crippen LogP contribution in [0.2, 0.25) is 0 Å². The van der Waals surface area contributed by atoms with Crippen molar-refractivity contribution in [2.75, 3.05) is 13.2 Å². The summed E-state index contributed by atoms with van der Waals surface area (Å²) in [5, 5.41) is 17.8. The fraction of sp³-hybridized carbons (Fsp3) is 0.900. The first kappa shape index (κ1) is 46.9. The van der Waals surface area contributed by atoms with Crippen LogP contribution in [0.3, 0.4) is 0 Å². The van der Waals surface area contributed by atoms with Gasteiger partial charge in [0.05, 0.1) is 38.9 Å². The number of carboxylic acid groups (broad SMARTS) is 2. The average molecular weight is 717 g/mol. The van der Waals surface area contributed by atoms with E-state index in [1.54, 1.807) is 0 Å². The van der Waals surface area contributed by atoms with Crippen LogP contribution in [-0.2, 0) is 28.7 Å². The minimum absolute atomic E-state index is 0. The largest absolute Gasteiger partial charge is 1.00 e. The Morgan fingerprint density at radius 3 is 0.860 bits per heavy atom. The third kappa shape index (κ3) is 19.6. The van der Waals surface area contributed by atoms with Gasteiger partial charge in [-0.15, -0.1) is 0 Å². The van der Waals surface area contributed by atoms with Gasteiger partial charge < -0.3 is 25.2 Å². The van der Waals surface area contributed by atoms with Crippen molar-refractivity contribution in [3.8, 4) is 0 Å². The summed E-state index contributed by atoms with van der Waals surface area (Å²) in [6.07, 6.45) is 30.6. The molecule has 0 heterocycles. The predicted molar refractivity (Wildman–Crippen MR) is 189 cm³/mol. The maximum absolute atomic E-state index is 11.6. The predicted octanol–water partition coefficient (Wildman–Crippen LogP) is 7.02. The van der Waals surface area contributed by atoms with Crippen LogP contribution in [0.5, 0.6) is 0 Å². The minimum atomic E-state index is -0.645. The zero-order chi connectivity index (χ0) is 34.9. The Morgan fingerprint density at radius 1 is 0.440 bits per heavy atom. The van der Waals surface area contributed by atoms with E-state index in [1.807, 2.05) is 13.8 Å². The van der Waals surface area contributed by atoms with Crippen LogP contribution in [0.25, 0.3) is 0 Å². The number of carbonyl (C=O) groups is 4. The molecular weight excluding hydrogens is 647 g/mol. The van der Waals surface area contributed by atoms with Gasteiger partial charge in [-0.1, -0.05) is 77.0 Å². The average Bonchev–Trinajstić information content (AvgIpc) is 3.81. The van der Waals surface area contributed by atoms with Crippen molar-refractivity contribution in [2.45, 2.75) is 194 Å². The number of hydrogen-bond donors (Lipinski definition) is 2. The molecule has 0 aromatic carbocycles. The Bertz CT molecular complexity index is 932. The van der Waals surface area contributed by atoms with Crippen molar-refractivity contribution in [1.29, 1.82) is 0 Å². The van der Waals surface area contributed by atoms with E-state index in [0.717, 1.165) is 51.4 Å². The van der Waals surface area contributed by atoms with Gasteiger partial charge in [0.1, 0.15) is 0 Å². The van der Waals surface area contributed by atoms with Gasteiger partial charge in [-0.3, -0.25) is 19.2 Å². The first-order chi connectivity index (χ1) is 23.0. The molecule has 4 aliphatic carbocycles. The molecule has 50 heavy (non-hydrogen) atoms. The zero-order valence-corrected chi connectivity index (χ0v) is 34.0. The third-order valence-electron chi connectivity index (χ3n) is 11.9. The Morgan fingerprint density at radius 2 is 0.660 bits per heavy atom. The molecule has 0 aromatic rings. The van der Waals surface area contributed by atoms with E-state index < -0.39 is 11.9 Å². The van der Waals surface area contributed by atoms with E-state index in [0.29, 0.717) is 38.9 Å². The number of aliphatic carboxylic acids is 2. The Balaban J connectivity index is 0.000000487. The molecule has 0 aromatic heterocycles. The van der Waals surface area contributed by atoms with Gasteiger partial charge in [-0.2, -0.15) is 0 Å². The fourth-order valence-electron chi connectivity index (χ4n) is 7.86. The number of carbonyl (C=O) groups excluding carboxylic acids is 2. The first-order valence-electron chi connectivity index (χ1n) is 19.7. The summed E-state index contributed by atoms with van der Waals surface area (Å²) >= 11 is 0. The van der Waals surface area contributed by atoms with Crippen molar-refractivity contribution >= 4 is 23.9 Å². The van der Waals surface area contributed by atoms with Crippen LogP contribution in [0.4, 0.5) is 0 Å². The molecule has 4 aliphatic rings. The van der Waals surface area contributed by atoms with Gasteiger partial charge in [-0.25, -0.2) is 0 Å². The van der Waals surface area contributed by atoms with E-state index >= 15 is 0 Å². The maximum atomic E-state index is 11.6. The minimum Gasteiger partial charge on any atom is -0.870 e. The van der Waals surface area contributed by atoms with E-state index in [-0.39, 0.29) is 68.6 Å². The van der Waals surface area contributed by atoms with E-state index in [4.69, 9.17) is 19.7 Å². The van der Waals surface area contributed by atoms with Crippen molar-refractivity contribution in [1.82, 2.24) is 0 Å². The molecule has 0 saturated heterocycles. The monoisotopic (exact) mass is 716 g/mol. The fourth-order valence-corrected chi connectivity index (χ4v) is 7.86. The topological polar surface area (TPSA) is 157 Å². The smallest absolute Gasteiger partial charge is 0.870 e. The SMILES string of the molecule is CCOC(=O)CC1(CCCCCCCCC2(CC(=O)OCC)CC2)CC1.O=C(O)CC1(CCCCCCCCC2(CC(=O)O)CC2)CC1.[Na+].[OH-]. The molecule has 0 radical (unpaired) electrons. The molecule has 0 amide bonds. The standard InChI is InChI=1S/C22H38O4.C18H30O4.Na.H2O/c1-3-25-19(23)17-21(13-14-21)11-9-7-5-6-8-10-12-22(15-16-22)18-20(24)26-4-2;19-15(20)13-17(9-10-17)7-5-3-1-2-4-6-8-18(11-12-18)14-16(21)22;;/h3-18H2,1-2H3;1-14H2,(H,19,20)(H,21,22);;1H2/q;;+1;/p-1. The molecule has 4 saturated carbocycles. The molecule has 0 spiro atoms. The molecule has 0 unspecified atom stereocenters. The van der Waals surface area contributed by atoms with Crippen molar-refractivity contribution in [2.24, 2.45) is 21.7 Å². The molecular formula is C40H69NaO9. The summed E-state index contributed by atoms with van der Waals surface area (Å²) in [5.74, 6) is -1.32. The molecule has 4 rings (SSSR count). The van der Waals surface area contributed by atoms with Crippen molar-refractivity contribution in [3.05, 3.63) is 0 Å². The molecule has 3 N–H and O–H groups in total. The van der Waals surface area contributed by atoms with Crippen LogP contribution in [-0.4, -0.2) is 52.8 Å². The van der Waals surface area contributed by atoms with Crippen LogP contribution >= 0.6 is 0 Å². The van der Waals surface area contributed by atoms with Crippen LogP contribution in [0, 0.1) is 21.7 Å². The summed E-state index contributed by atoms with van der Waals surface area (Å²) in [7, 11) is 0. The Hall–Kier alpha value is -1.16. The Kier molecular flexibility index (Phi) is 22.0. The third-order valence-corrected chi connectivity index (χ3v) is 11.9. The molecule has 9 nitrogen and oxygen atoms in total. The van der Waals surface area contributed by atoms with E-state index in [2.05, 4.69) is 0 Å². The van der Waals surface area contributed by atoms with E-state index in [1.165, 1.54) is 103 Å². The van der Waals surface area contributed by atoms with Gasteiger partial charge in [0.25, 0.3) is 0 Å². The van der Waals surface area contributed by atoms with Crippen molar-refractivity contribution < 1.29 is 73.9 Å². The number of unbranched alkanes of at least 4 members (excludes halogenated alkanes) is 10. The summed E-state index contributed by atoms with van der Waals surface area (Å²) < 4.78 is 10.2. The van der Waals surface area contributed by atoms with Gasteiger partial charge in [0, 0.05) is 0 Å². The molecule has 0 aliphatic heterocycles. The van der Waals surface area contributed by atoms with Crippen molar-refractivity contribution in [3.63, 3.8) is 0 Å². The summed E-state index contributed by atoms with van der Waals surface area (Å²) in [4.78, 5) is 44.8. The van der Waals surface area contributed by atoms with Gasteiger partial charge in [0.15, 0.2) is 0 Å². The molecule has 4 fully saturated rings. The normalized spacial score (nSPS) is 18.9. The molecule has 10 heteroatoms. The quantitative estimate of drug-likeness (QED) is 0.0493. The second kappa shape index (κ2) is 23.5. The van der Waals surface area contributed by atoms with E-state index in [9.17, 15) is 19.2 Å². The zero-order valence-electron chi connectivity index (χ0n) is 32.0. The number of rotatable bonds is 28. The van der Waals surface area contributed by atoms with Gasteiger partial charge in [-0.05, 0) is 113 Å². The number of ether oxygens (including phenoxy) is 2. The maximum Gasteiger partial charge on any atom is 1.00 e. The number of hydrogen-bond acceptors (Lipinski definition) is 7. The second-order valence-electron chi connectivity index (χ2n) is 16.3. The number of esters is 2. The van der Waals surface area contributed by atoms with Crippen LogP contribution in [0.1, 0.15) is 194 Å². The van der Waals surface area contributed by atoms with Gasteiger partial charge in [0.2, 0.25) is 0 Å². The second-order valence-corrected chi connectivity index (χ2v) is 16.3. The molecule has 284 valence electrons. The summed E-state index contributed by atoms with van der Waals surface area (Å²) in [6, 6.07) is 0. The van der Waals surface area contributed by atoms with Gasteiger partial charge >= 0.3 is 53.4 Å². The molecule has 0 bridgehead atoms. The van der Waals surface area contributed by atoms with Crippen LogP contribution in [0.15, 0.2) is 0 Å². The van der Waals surface area contributed by atoms with Crippen LogP contribution < -0.4 is 29.6 Å². The summed E-state index contributed by atoms with van der Waals surface area (Å²) in [6.45, 7) is 4.74. The summed E-state index contributed by atoms with van der Waals surface area (Å²) in [5.41, 5.74) is 0.886.